The number of hydrogen-bond donors (Lipinski definition) is 0. The molecule has 1 aliphatic rings. The lowest BCUT2D eigenvalue weighted by molar-refractivity contribution is -0.122. The fourth-order valence-corrected chi connectivity index (χ4v) is 3.48. The molecule has 1 heterocycles. The Morgan fingerprint density at radius 2 is 1.78 bits per heavy atom. The summed E-state index contributed by atoms with van der Waals surface area (Å²) in [4.78, 5) is 14.7. The largest absolute Gasteiger partial charge is 0.288 e. The number of rotatable bonds is 3. The maximum absolute atomic E-state index is 12.9. The van der Waals surface area contributed by atoms with E-state index in [0.29, 0.717) is 15.8 Å². The van der Waals surface area contributed by atoms with E-state index in [1.807, 2.05) is 31.2 Å². The van der Waals surface area contributed by atoms with E-state index >= 15 is 0 Å². The number of aryl methyl sites for hydroxylation is 1. The highest BCUT2D eigenvalue weighted by Crippen LogP contribution is 2.33. The summed E-state index contributed by atoms with van der Waals surface area (Å²) in [5, 5.41) is 0. The van der Waals surface area contributed by atoms with Crippen LogP contribution in [0.3, 0.4) is 0 Å². The molecule has 0 bridgehead atoms. The zero-order valence-electron chi connectivity index (χ0n) is 12.5. The first kappa shape index (κ1) is 15.9. The zero-order valence-corrected chi connectivity index (χ0v) is 14.1. The topological polar surface area (TPSA) is 20.3 Å². The van der Waals surface area contributed by atoms with Crippen molar-refractivity contribution in [2.45, 2.75) is 13.5 Å². The van der Waals surface area contributed by atoms with Gasteiger partial charge in [-0.25, -0.2) is 4.39 Å². The monoisotopic (exact) mass is 343 g/mol. The number of nitrogens with zero attached hydrogens (tertiary/aromatic N) is 1. The van der Waals surface area contributed by atoms with Gasteiger partial charge in [-0.05, 0) is 36.3 Å². The molecule has 2 aromatic rings. The molecule has 0 saturated carbocycles. The summed E-state index contributed by atoms with van der Waals surface area (Å²) in [6.07, 6.45) is 1.74. The Balaban J connectivity index is 1.79. The molecule has 1 aliphatic heterocycles. The van der Waals surface area contributed by atoms with Crippen molar-refractivity contribution in [2.75, 3.05) is 0 Å². The fourth-order valence-electron chi connectivity index (χ4n) is 2.22. The first-order chi connectivity index (χ1) is 11.0. The minimum Gasteiger partial charge on any atom is -0.288 e. The van der Waals surface area contributed by atoms with Gasteiger partial charge in [0, 0.05) is 0 Å². The molecule has 23 heavy (non-hydrogen) atoms. The lowest BCUT2D eigenvalue weighted by atomic mass is 10.1. The standard InChI is InChI=1S/C18H14FNOS2/c1-12-2-4-14(5-3-12)11-20-17(21)16(23-18(20)22)10-13-6-8-15(19)9-7-13/h2-10H,11H2,1H3/b16-10-. The van der Waals surface area contributed by atoms with Gasteiger partial charge in [0.1, 0.15) is 10.1 Å². The molecule has 0 spiro atoms. The fraction of sp³-hybridized carbons (Fsp3) is 0.111. The summed E-state index contributed by atoms with van der Waals surface area (Å²) in [5.41, 5.74) is 2.99. The molecule has 0 aliphatic carbocycles. The number of amides is 1. The highest BCUT2D eigenvalue weighted by Gasteiger charge is 2.31. The van der Waals surface area contributed by atoms with Crippen molar-refractivity contribution in [3.05, 3.63) is 75.9 Å². The molecule has 0 radical (unpaired) electrons. The molecule has 0 aromatic heterocycles. The predicted molar refractivity (Wildman–Crippen MR) is 96.3 cm³/mol. The molecule has 1 amide bonds. The smallest absolute Gasteiger partial charge is 0.266 e. The van der Waals surface area contributed by atoms with Crippen molar-refractivity contribution in [1.82, 2.24) is 4.90 Å². The Kier molecular flexibility index (Phi) is 4.59. The van der Waals surface area contributed by atoms with E-state index in [-0.39, 0.29) is 11.7 Å². The van der Waals surface area contributed by atoms with Gasteiger partial charge in [-0.1, -0.05) is 65.9 Å². The normalized spacial score (nSPS) is 16.4. The van der Waals surface area contributed by atoms with Gasteiger partial charge in [0.15, 0.2) is 0 Å². The summed E-state index contributed by atoms with van der Waals surface area (Å²) in [6.45, 7) is 2.49. The Bertz CT molecular complexity index is 782. The average molecular weight is 343 g/mol. The molecule has 116 valence electrons. The number of carbonyl (C=O) groups excluding carboxylic acids is 1. The molecule has 1 fully saturated rings. The maximum atomic E-state index is 12.9. The van der Waals surface area contributed by atoms with Crippen molar-refractivity contribution in [1.29, 1.82) is 0 Å². The second kappa shape index (κ2) is 6.64. The Hall–Kier alpha value is -1.98. The third kappa shape index (κ3) is 3.68. The molecular formula is C18H14FNOS2. The SMILES string of the molecule is Cc1ccc(CN2C(=O)/C(=C/c3ccc(F)cc3)SC2=S)cc1. The van der Waals surface area contributed by atoms with E-state index in [2.05, 4.69) is 0 Å². The summed E-state index contributed by atoms with van der Waals surface area (Å²) in [5.74, 6) is -0.404. The molecular weight excluding hydrogens is 329 g/mol. The Morgan fingerprint density at radius 3 is 2.43 bits per heavy atom. The summed E-state index contributed by atoms with van der Waals surface area (Å²) < 4.78 is 13.5. The molecule has 2 aromatic carbocycles. The first-order valence-corrected chi connectivity index (χ1v) is 8.32. The number of carbonyl (C=O) groups is 1. The van der Waals surface area contributed by atoms with Gasteiger partial charge in [-0.15, -0.1) is 0 Å². The summed E-state index contributed by atoms with van der Waals surface area (Å²) in [7, 11) is 0. The summed E-state index contributed by atoms with van der Waals surface area (Å²) >= 11 is 6.60. The highest BCUT2D eigenvalue weighted by molar-refractivity contribution is 8.26. The lowest BCUT2D eigenvalue weighted by Gasteiger charge is -2.14. The van der Waals surface area contributed by atoms with Crippen LogP contribution in [-0.4, -0.2) is 15.1 Å². The molecule has 0 N–H and O–H groups in total. The maximum Gasteiger partial charge on any atom is 0.266 e. The van der Waals surface area contributed by atoms with Crippen LogP contribution < -0.4 is 0 Å². The molecule has 1 saturated heterocycles. The van der Waals surface area contributed by atoms with Crippen molar-refractivity contribution in [3.8, 4) is 0 Å². The van der Waals surface area contributed by atoms with Gasteiger partial charge >= 0.3 is 0 Å². The number of hydrogen-bond acceptors (Lipinski definition) is 3. The van der Waals surface area contributed by atoms with E-state index in [1.54, 1.807) is 23.1 Å². The number of thioether (sulfide) groups is 1. The second-order valence-electron chi connectivity index (χ2n) is 5.31. The molecule has 5 heteroatoms. The third-order valence-electron chi connectivity index (χ3n) is 3.50. The highest BCUT2D eigenvalue weighted by atomic mass is 32.2. The van der Waals surface area contributed by atoms with E-state index in [1.165, 1.54) is 29.5 Å². The van der Waals surface area contributed by atoms with E-state index < -0.39 is 0 Å². The van der Waals surface area contributed by atoms with Crippen LogP contribution in [0.25, 0.3) is 6.08 Å². The van der Waals surface area contributed by atoms with E-state index in [4.69, 9.17) is 12.2 Å². The quantitative estimate of drug-likeness (QED) is 0.603. The van der Waals surface area contributed by atoms with Crippen molar-refractivity contribution >= 4 is 40.3 Å². The van der Waals surface area contributed by atoms with Gasteiger partial charge in [-0.3, -0.25) is 9.69 Å². The first-order valence-electron chi connectivity index (χ1n) is 7.09. The Morgan fingerprint density at radius 1 is 1.13 bits per heavy atom. The Labute approximate surface area is 144 Å². The summed E-state index contributed by atoms with van der Waals surface area (Å²) in [6, 6.07) is 14.1. The number of benzene rings is 2. The van der Waals surface area contributed by atoms with Crippen LogP contribution in [0.5, 0.6) is 0 Å². The van der Waals surface area contributed by atoms with Crippen molar-refractivity contribution in [3.63, 3.8) is 0 Å². The lowest BCUT2D eigenvalue weighted by Crippen LogP contribution is -2.27. The average Bonchev–Trinajstić information content (AvgIpc) is 2.79. The minimum absolute atomic E-state index is 0.107. The minimum atomic E-state index is -0.297. The third-order valence-corrected chi connectivity index (χ3v) is 4.88. The van der Waals surface area contributed by atoms with Gasteiger partial charge in [0.25, 0.3) is 5.91 Å². The van der Waals surface area contributed by atoms with Crippen LogP contribution in [0.4, 0.5) is 4.39 Å². The van der Waals surface area contributed by atoms with Crippen molar-refractivity contribution in [2.24, 2.45) is 0 Å². The van der Waals surface area contributed by atoms with Crippen LogP contribution in [0.2, 0.25) is 0 Å². The van der Waals surface area contributed by atoms with Crippen molar-refractivity contribution < 1.29 is 9.18 Å². The zero-order chi connectivity index (χ0) is 16.4. The molecule has 0 atom stereocenters. The molecule has 3 rings (SSSR count). The number of thiocarbonyl (C=S) groups is 1. The van der Waals surface area contributed by atoms with Gasteiger partial charge in [0.05, 0.1) is 11.4 Å². The van der Waals surface area contributed by atoms with Crippen LogP contribution in [0.1, 0.15) is 16.7 Å². The number of halogens is 1. The van der Waals surface area contributed by atoms with Gasteiger partial charge in [0.2, 0.25) is 0 Å². The van der Waals surface area contributed by atoms with Crippen LogP contribution in [0, 0.1) is 12.7 Å². The van der Waals surface area contributed by atoms with Crippen LogP contribution in [-0.2, 0) is 11.3 Å². The van der Waals surface area contributed by atoms with Crippen LogP contribution >= 0.6 is 24.0 Å². The van der Waals surface area contributed by atoms with Gasteiger partial charge < -0.3 is 0 Å². The molecule has 0 unspecified atom stereocenters. The predicted octanol–water partition coefficient (Wildman–Crippen LogP) is 4.54. The van der Waals surface area contributed by atoms with Gasteiger partial charge in [-0.2, -0.15) is 0 Å². The second-order valence-corrected chi connectivity index (χ2v) is 6.98. The van der Waals surface area contributed by atoms with E-state index in [9.17, 15) is 9.18 Å². The van der Waals surface area contributed by atoms with E-state index in [0.717, 1.165) is 11.1 Å². The van der Waals surface area contributed by atoms with Crippen LogP contribution in [0.15, 0.2) is 53.4 Å². The molecule has 2 nitrogen and oxygen atoms in total.